The zero-order valence-corrected chi connectivity index (χ0v) is 11.7. The van der Waals surface area contributed by atoms with E-state index in [1.54, 1.807) is 0 Å². The zero-order valence-electron chi connectivity index (χ0n) is 10.9. The van der Waals surface area contributed by atoms with Crippen LogP contribution in [0.1, 0.15) is 33.1 Å². The molecule has 1 aliphatic heterocycles. The number of aliphatic hydroxyl groups is 1. The van der Waals surface area contributed by atoms with Crippen LogP contribution in [0.3, 0.4) is 0 Å². The Labute approximate surface area is 105 Å². The highest BCUT2D eigenvalue weighted by molar-refractivity contribution is 7.91. The maximum Gasteiger partial charge on any atom is 0.151 e. The van der Waals surface area contributed by atoms with E-state index in [0.29, 0.717) is 24.6 Å². The van der Waals surface area contributed by atoms with Gasteiger partial charge in [-0.3, -0.25) is 0 Å². The van der Waals surface area contributed by atoms with Gasteiger partial charge in [0, 0.05) is 25.4 Å². The third-order valence-corrected chi connectivity index (χ3v) is 5.37. The van der Waals surface area contributed by atoms with E-state index in [1.165, 1.54) is 0 Å². The number of likely N-dealkylation sites (tertiary alicyclic amines) is 1. The van der Waals surface area contributed by atoms with Crippen LogP contribution < -0.4 is 0 Å². The molecule has 1 N–H and O–H groups in total. The third kappa shape index (κ3) is 4.94. The number of rotatable bonds is 6. The fourth-order valence-corrected chi connectivity index (χ4v) is 3.74. The highest BCUT2D eigenvalue weighted by Gasteiger charge is 2.26. The van der Waals surface area contributed by atoms with Crippen LogP contribution in [-0.2, 0) is 9.84 Å². The molecule has 17 heavy (non-hydrogen) atoms. The van der Waals surface area contributed by atoms with Gasteiger partial charge in [-0.2, -0.15) is 0 Å². The molecule has 0 spiro atoms. The molecule has 0 aromatic carbocycles. The summed E-state index contributed by atoms with van der Waals surface area (Å²) in [7, 11) is -2.87. The summed E-state index contributed by atoms with van der Waals surface area (Å²) in [4.78, 5) is 2.17. The lowest BCUT2D eigenvalue weighted by Crippen LogP contribution is -2.44. The SMILES string of the molecule is CCCS(=O)(=O)CCN1CCC(O)C(CC)C1. The Morgan fingerprint density at radius 3 is 2.59 bits per heavy atom. The van der Waals surface area contributed by atoms with Gasteiger partial charge < -0.3 is 10.0 Å². The molecule has 0 saturated carbocycles. The zero-order chi connectivity index (χ0) is 12.9. The molecular formula is C12H25NO3S. The molecular weight excluding hydrogens is 238 g/mol. The normalized spacial score (nSPS) is 27.2. The van der Waals surface area contributed by atoms with Gasteiger partial charge >= 0.3 is 0 Å². The van der Waals surface area contributed by atoms with E-state index in [2.05, 4.69) is 11.8 Å². The number of hydrogen-bond donors (Lipinski definition) is 1. The van der Waals surface area contributed by atoms with Crippen molar-refractivity contribution in [3.05, 3.63) is 0 Å². The Balaban J connectivity index is 2.38. The smallest absolute Gasteiger partial charge is 0.151 e. The quantitative estimate of drug-likeness (QED) is 0.774. The number of aliphatic hydroxyl groups excluding tert-OH is 1. The van der Waals surface area contributed by atoms with E-state index in [1.807, 2.05) is 6.92 Å². The fraction of sp³-hybridized carbons (Fsp3) is 1.00. The van der Waals surface area contributed by atoms with Gasteiger partial charge in [0.05, 0.1) is 11.9 Å². The summed E-state index contributed by atoms with van der Waals surface area (Å²) >= 11 is 0. The second kappa shape index (κ2) is 6.71. The fourth-order valence-electron chi connectivity index (χ4n) is 2.38. The first-order valence-corrected chi connectivity index (χ1v) is 8.41. The second-order valence-corrected chi connectivity index (χ2v) is 7.28. The van der Waals surface area contributed by atoms with Crippen molar-refractivity contribution in [2.45, 2.75) is 39.2 Å². The number of nitrogens with zero attached hydrogens (tertiary/aromatic N) is 1. The lowest BCUT2D eigenvalue weighted by Gasteiger charge is -2.35. The van der Waals surface area contributed by atoms with Crippen molar-refractivity contribution in [2.75, 3.05) is 31.1 Å². The van der Waals surface area contributed by atoms with Crippen molar-refractivity contribution in [1.29, 1.82) is 0 Å². The highest BCUT2D eigenvalue weighted by atomic mass is 32.2. The minimum Gasteiger partial charge on any atom is -0.393 e. The molecule has 0 amide bonds. The first-order chi connectivity index (χ1) is 7.98. The van der Waals surface area contributed by atoms with E-state index < -0.39 is 9.84 Å². The molecule has 0 bridgehead atoms. The van der Waals surface area contributed by atoms with Gasteiger partial charge in [0.2, 0.25) is 0 Å². The third-order valence-electron chi connectivity index (χ3n) is 3.54. The van der Waals surface area contributed by atoms with Gasteiger partial charge in [0.25, 0.3) is 0 Å². The average Bonchev–Trinajstić information content (AvgIpc) is 2.28. The van der Waals surface area contributed by atoms with Crippen molar-refractivity contribution in [2.24, 2.45) is 5.92 Å². The van der Waals surface area contributed by atoms with Crippen LogP contribution in [0.2, 0.25) is 0 Å². The van der Waals surface area contributed by atoms with Crippen molar-refractivity contribution in [3.63, 3.8) is 0 Å². The lowest BCUT2D eigenvalue weighted by molar-refractivity contribution is 0.0275. The summed E-state index contributed by atoms with van der Waals surface area (Å²) in [6.07, 6.45) is 2.22. The predicted octanol–water partition coefficient (Wildman–Crippen LogP) is 0.904. The summed E-state index contributed by atoms with van der Waals surface area (Å²) < 4.78 is 23.2. The molecule has 2 unspecified atom stereocenters. The maximum atomic E-state index is 11.6. The van der Waals surface area contributed by atoms with E-state index in [-0.39, 0.29) is 11.9 Å². The topological polar surface area (TPSA) is 57.6 Å². The van der Waals surface area contributed by atoms with Gasteiger partial charge in [0.15, 0.2) is 9.84 Å². The Kier molecular flexibility index (Phi) is 5.89. The second-order valence-electron chi connectivity index (χ2n) is 4.98. The van der Waals surface area contributed by atoms with E-state index in [4.69, 9.17) is 0 Å². The monoisotopic (exact) mass is 263 g/mol. The standard InChI is InChI=1S/C12H25NO3S/c1-3-8-17(15,16)9-7-13-6-5-12(14)11(4-2)10-13/h11-12,14H,3-10H2,1-2H3. The average molecular weight is 263 g/mol. The van der Waals surface area contributed by atoms with E-state index >= 15 is 0 Å². The van der Waals surface area contributed by atoms with Crippen LogP contribution in [0.4, 0.5) is 0 Å². The largest absolute Gasteiger partial charge is 0.393 e. The van der Waals surface area contributed by atoms with Gasteiger partial charge in [-0.05, 0) is 25.2 Å². The summed E-state index contributed by atoms with van der Waals surface area (Å²) in [5.74, 6) is 0.853. The lowest BCUT2D eigenvalue weighted by atomic mass is 9.92. The molecule has 1 saturated heterocycles. The van der Waals surface area contributed by atoms with Gasteiger partial charge in [-0.25, -0.2) is 8.42 Å². The van der Waals surface area contributed by atoms with Crippen LogP contribution in [0, 0.1) is 5.92 Å². The minimum absolute atomic E-state index is 0.205. The highest BCUT2D eigenvalue weighted by Crippen LogP contribution is 2.19. The number of piperidine rings is 1. The van der Waals surface area contributed by atoms with Gasteiger partial charge in [-0.15, -0.1) is 0 Å². The summed E-state index contributed by atoms with van der Waals surface area (Å²) in [5.41, 5.74) is 0. The van der Waals surface area contributed by atoms with Crippen LogP contribution in [0.25, 0.3) is 0 Å². The molecule has 1 fully saturated rings. The van der Waals surface area contributed by atoms with Crippen LogP contribution in [-0.4, -0.2) is 55.7 Å². The molecule has 1 rings (SSSR count). The molecule has 0 aromatic rings. The molecule has 4 nitrogen and oxygen atoms in total. The first kappa shape index (κ1) is 14.9. The molecule has 0 aromatic heterocycles. The summed E-state index contributed by atoms with van der Waals surface area (Å²) in [6.45, 7) is 6.23. The Bertz CT molecular complexity index is 316. The molecule has 1 heterocycles. The molecule has 0 radical (unpaired) electrons. The molecule has 1 aliphatic rings. The van der Waals surface area contributed by atoms with Crippen LogP contribution >= 0.6 is 0 Å². The molecule has 102 valence electrons. The Morgan fingerprint density at radius 1 is 1.29 bits per heavy atom. The molecule has 0 aliphatic carbocycles. The van der Waals surface area contributed by atoms with Crippen LogP contribution in [0.5, 0.6) is 0 Å². The van der Waals surface area contributed by atoms with Crippen molar-refractivity contribution >= 4 is 9.84 Å². The summed E-state index contributed by atoms with van der Waals surface area (Å²) in [6, 6.07) is 0. The van der Waals surface area contributed by atoms with Crippen molar-refractivity contribution in [1.82, 2.24) is 4.90 Å². The van der Waals surface area contributed by atoms with Crippen molar-refractivity contribution in [3.8, 4) is 0 Å². The predicted molar refractivity (Wildman–Crippen MR) is 69.8 cm³/mol. The van der Waals surface area contributed by atoms with Crippen molar-refractivity contribution < 1.29 is 13.5 Å². The Morgan fingerprint density at radius 2 is 2.00 bits per heavy atom. The number of hydrogen-bond acceptors (Lipinski definition) is 4. The van der Waals surface area contributed by atoms with E-state index in [9.17, 15) is 13.5 Å². The minimum atomic E-state index is -2.87. The Hall–Kier alpha value is -0.130. The van der Waals surface area contributed by atoms with Gasteiger partial charge in [-0.1, -0.05) is 13.8 Å². The maximum absolute atomic E-state index is 11.6. The van der Waals surface area contributed by atoms with E-state index in [0.717, 1.165) is 25.9 Å². The van der Waals surface area contributed by atoms with Gasteiger partial charge in [0.1, 0.15) is 0 Å². The first-order valence-electron chi connectivity index (χ1n) is 6.59. The molecule has 2 atom stereocenters. The van der Waals surface area contributed by atoms with Crippen LogP contribution in [0.15, 0.2) is 0 Å². The molecule has 5 heteroatoms. The summed E-state index contributed by atoms with van der Waals surface area (Å²) in [5, 5.41) is 9.75. The number of sulfone groups is 1.